The summed E-state index contributed by atoms with van der Waals surface area (Å²) < 4.78 is 40.8. The van der Waals surface area contributed by atoms with Crippen LogP contribution in [0.25, 0.3) is 0 Å². The van der Waals surface area contributed by atoms with E-state index in [0.29, 0.717) is 5.56 Å². The Morgan fingerprint density at radius 1 is 0.964 bits per heavy atom. The van der Waals surface area contributed by atoms with Gasteiger partial charge in [0.15, 0.2) is 0 Å². The molecule has 2 aromatic carbocycles. The zero-order valence-corrected chi connectivity index (χ0v) is 16.5. The molecule has 0 fully saturated rings. The van der Waals surface area contributed by atoms with Gasteiger partial charge >= 0.3 is 0 Å². The molecule has 8 heteroatoms. The summed E-state index contributed by atoms with van der Waals surface area (Å²) in [6, 6.07) is 17.1. The van der Waals surface area contributed by atoms with Gasteiger partial charge in [-0.05, 0) is 41.1 Å². The lowest BCUT2D eigenvalue weighted by atomic mass is 10.1. The van der Waals surface area contributed by atoms with Crippen molar-refractivity contribution in [2.45, 2.75) is 23.2 Å². The number of carbonyl (C=O) groups excluding carboxylic acids is 1. The summed E-state index contributed by atoms with van der Waals surface area (Å²) in [5.74, 6) is -0.811. The van der Waals surface area contributed by atoms with E-state index in [4.69, 9.17) is 0 Å². The molecule has 146 valence electrons. The smallest absolute Gasteiger partial charge is 0.250 e. The molecule has 0 aliphatic heterocycles. The SMILES string of the molecule is O=C(NCc1ccc(F)cc1)[C@H](Cc1ccccc1)NS(=O)(=O)c1cccs1. The topological polar surface area (TPSA) is 75.3 Å². The molecular formula is C20H19FN2O3S2. The highest BCUT2D eigenvalue weighted by atomic mass is 32.2. The van der Waals surface area contributed by atoms with Crippen LogP contribution in [0.2, 0.25) is 0 Å². The van der Waals surface area contributed by atoms with E-state index in [1.54, 1.807) is 23.6 Å². The molecule has 3 rings (SSSR count). The van der Waals surface area contributed by atoms with Crippen molar-refractivity contribution in [1.29, 1.82) is 0 Å². The second kappa shape index (κ2) is 9.09. The first-order valence-corrected chi connectivity index (χ1v) is 10.9. The lowest BCUT2D eigenvalue weighted by Gasteiger charge is -2.18. The number of thiophene rings is 1. The second-order valence-corrected chi connectivity index (χ2v) is 9.03. The number of rotatable bonds is 8. The first-order chi connectivity index (χ1) is 13.4. The zero-order valence-electron chi connectivity index (χ0n) is 14.8. The van der Waals surface area contributed by atoms with Crippen LogP contribution in [0.4, 0.5) is 4.39 Å². The van der Waals surface area contributed by atoms with Crippen LogP contribution in [-0.4, -0.2) is 20.4 Å². The van der Waals surface area contributed by atoms with Gasteiger partial charge in [0.2, 0.25) is 5.91 Å². The van der Waals surface area contributed by atoms with Gasteiger partial charge < -0.3 is 5.32 Å². The van der Waals surface area contributed by atoms with Gasteiger partial charge in [-0.1, -0.05) is 48.5 Å². The lowest BCUT2D eigenvalue weighted by molar-refractivity contribution is -0.122. The molecule has 0 radical (unpaired) electrons. The molecule has 0 saturated carbocycles. The Labute approximate surface area is 167 Å². The maximum atomic E-state index is 13.0. The maximum absolute atomic E-state index is 13.0. The molecule has 0 aliphatic rings. The van der Waals surface area contributed by atoms with Crippen LogP contribution >= 0.6 is 11.3 Å². The molecule has 1 atom stereocenters. The van der Waals surface area contributed by atoms with Gasteiger partial charge in [-0.15, -0.1) is 11.3 Å². The van der Waals surface area contributed by atoms with Crippen molar-refractivity contribution in [3.05, 3.63) is 89.1 Å². The van der Waals surface area contributed by atoms with Gasteiger partial charge in [-0.25, -0.2) is 12.8 Å². The Morgan fingerprint density at radius 2 is 1.68 bits per heavy atom. The van der Waals surface area contributed by atoms with Crippen molar-refractivity contribution >= 4 is 27.3 Å². The second-order valence-electron chi connectivity index (χ2n) is 6.14. The minimum atomic E-state index is -3.81. The lowest BCUT2D eigenvalue weighted by Crippen LogP contribution is -2.47. The van der Waals surface area contributed by atoms with Crippen LogP contribution in [0.15, 0.2) is 76.3 Å². The number of sulfonamides is 1. The molecule has 0 aliphatic carbocycles. The van der Waals surface area contributed by atoms with Gasteiger partial charge in [0.1, 0.15) is 16.1 Å². The monoisotopic (exact) mass is 418 g/mol. The van der Waals surface area contributed by atoms with E-state index in [0.717, 1.165) is 16.9 Å². The number of carbonyl (C=O) groups is 1. The van der Waals surface area contributed by atoms with E-state index >= 15 is 0 Å². The Morgan fingerprint density at radius 3 is 2.32 bits per heavy atom. The standard InChI is InChI=1S/C20H19FN2O3S2/c21-17-10-8-16(9-11-17)14-22-20(24)18(13-15-5-2-1-3-6-15)23-28(25,26)19-7-4-12-27-19/h1-12,18,23H,13-14H2,(H,22,24)/t18-/m0/s1. The average Bonchev–Trinajstić information content (AvgIpc) is 3.23. The fourth-order valence-corrected chi connectivity index (χ4v) is 4.82. The van der Waals surface area contributed by atoms with E-state index in [2.05, 4.69) is 10.0 Å². The first-order valence-electron chi connectivity index (χ1n) is 8.56. The molecule has 0 spiro atoms. The molecule has 0 saturated heterocycles. The summed E-state index contributed by atoms with van der Waals surface area (Å²) in [6.07, 6.45) is 0.209. The molecule has 0 unspecified atom stereocenters. The molecular weight excluding hydrogens is 399 g/mol. The highest BCUT2D eigenvalue weighted by Crippen LogP contribution is 2.17. The van der Waals surface area contributed by atoms with Gasteiger partial charge in [0, 0.05) is 6.54 Å². The highest BCUT2D eigenvalue weighted by molar-refractivity contribution is 7.91. The summed E-state index contributed by atoms with van der Waals surface area (Å²) in [5, 5.41) is 4.38. The summed E-state index contributed by atoms with van der Waals surface area (Å²) >= 11 is 1.08. The Bertz CT molecular complexity index is 1010. The van der Waals surface area contributed by atoms with E-state index in [1.165, 1.54) is 18.2 Å². The zero-order chi connectivity index (χ0) is 20.0. The van der Waals surface area contributed by atoms with Gasteiger partial charge in [-0.3, -0.25) is 4.79 Å². The molecule has 1 amide bonds. The summed E-state index contributed by atoms with van der Waals surface area (Å²) in [5.41, 5.74) is 1.55. The predicted molar refractivity (Wildman–Crippen MR) is 107 cm³/mol. The molecule has 1 heterocycles. The highest BCUT2D eigenvalue weighted by Gasteiger charge is 2.26. The fourth-order valence-electron chi connectivity index (χ4n) is 2.61. The minimum Gasteiger partial charge on any atom is -0.351 e. The third-order valence-corrected chi connectivity index (χ3v) is 6.91. The fraction of sp³-hybridized carbons (Fsp3) is 0.150. The van der Waals surface area contributed by atoms with Gasteiger partial charge in [0.25, 0.3) is 10.0 Å². The minimum absolute atomic E-state index is 0.150. The number of hydrogen-bond donors (Lipinski definition) is 2. The van der Waals surface area contributed by atoms with Crippen molar-refractivity contribution in [2.75, 3.05) is 0 Å². The Hall–Kier alpha value is -2.55. The van der Waals surface area contributed by atoms with E-state index < -0.39 is 22.0 Å². The van der Waals surface area contributed by atoms with Crippen molar-refractivity contribution in [3.63, 3.8) is 0 Å². The maximum Gasteiger partial charge on any atom is 0.250 e. The quantitative estimate of drug-likeness (QED) is 0.590. The summed E-state index contributed by atoms with van der Waals surface area (Å²) in [6.45, 7) is 0.172. The summed E-state index contributed by atoms with van der Waals surface area (Å²) in [7, 11) is -3.81. The predicted octanol–water partition coefficient (Wildman–Crippen LogP) is 3.09. The normalized spacial score (nSPS) is 12.5. The molecule has 0 bridgehead atoms. The molecule has 28 heavy (non-hydrogen) atoms. The van der Waals surface area contributed by atoms with Crippen LogP contribution in [0.5, 0.6) is 0 Å². The number of halogens is 1. The molecule has 3 aromatic rings. The van der Waals surface area contributed by atoms with Crippen molar-refractivity contribution in [3.8, 4) is 0 Å². The van der Waals surface area contributed by atoms with Crippen LogP contribution in [0, 0.1) is 5.82 Å². The molecule has 2 N–H and O–H groups in total. The van der Waals surface area contributed by atoms with Crippen LogP contribution in [0.3, 0.4) is 0 Å². The van der Waals surface area contributed by atoms with E-state index in [9.17, 15) is 17.6 Å². The third-order valence-electron chi connectivity index (χ3n) is 4.04. The van der Waals surface area contributed by atoms with Crippen LogP contribution in [0.1, 0.15) is 11.1 Å². The van der Waals surface area contributed by atoms with Crippen LogP contribution < -0.4 is 10.0 Å². The molecule has 5 nitrogen and oxygen atoms in total. The van der Waals surface area contributed by atoms with E-state index in [1.807, 2.05) is 30.3 Å². The van der Waals surface area contributed by atoms with Gasteiger partial charge in [0.05, 0.1) is 0 Å². The Balaban J connectivity index is 1.74. The van der Waals surface area contributed by atoms with Gasteiger partial charge in [-0.2, -0.15) is 4.72 Å². The number of benzene rings is 2. The van der Waals surface area contributed by atoms with Crippen molar-refractivity contribution < 1.29 is 17.6 Å². The number of nitrogens with one attached hydrogen (secondary N) is 2. The van der Waals surface area contributed by atoms with E-state index in [-0.39, 0.29) is 23.0 Å². The van der Waals surface area contributed by atoms with Crippen molar-refractivity contribution in [2.24, 2.45) is 0 Å². The van der Waals surface area contributed by atoms with Crippen LogP contribution in [-0.2, 0) is 27.8 Å². The summed E-state index contributed by atoms with van der Waals surface area (Å²) in [4.78, 5) is 12.7. The Kier molecular flexibility index (Phi) is 6.56. The largest absolute Gasteiger partial charge is 0.351 e. The number of hydrogen-bond acceptors (Lipinski definition) is 4. The first kappa shape index (κ1) is 20.2. The van der Waals surface area contributed by atoms with Crippen molar-refractivity contribution in [1.82, 2.24) is 10.0 Å². The number of amides is 1. The third kappa shape index (κ3) is 5.48. The molecule has 1 aromatic heterocycles. The average molecular weight is 419 g/mol.